The molecule has 0 saturated heterocycles. The van der Waals surface area contributed by atoms with Crippen LogP contribution in [0, 0.1) is 0 Å². The van der Waals surface area contributed by atoms with Gasteiger partial charge in [0.05, 0.1) is 12.3 Å². The van der Waals surface area contributed by atoms with Crippen LogP contribution in [-0.4, -0.2) is 40.1 Å². The number of allylic oxidation sites excluding steroid dienone is 1. The normalized spacial score (nSPS) is 11.0. The minimum absolute atomic E-state index is 0.280. The lowest BCUT2D eigenvalue weighted by Gasteiger charge is -2.20. The van der Waals surface area contributed by atoms with Crippen molar-refractivity contribution >= 4 is 17.5 Å². The quantitative estimate of drug-likeness (QED) is 0.383. The van der Waals surface area contributed by atoms with Crippen molar-refractivity contribution in [2.45, 2.75) is 20.8 Å². The largest absolute Gasteiger partial charge is 0.494 e. The van der Waals surface area contributed by atoms with Crippen LogP contribution < -0.4 is 20.9 Å². The molecule has 0 radical (unpaired) electrons. The first-order valence-electron chi connectivity index (χ1n) is 10.8. The van der Waals surface area contributed by atoms with E-state index in [4.69, 9.17) is 4.74 Å². The van der Waals surface area contributed by atoms with Gasteiger partial charge in [-0.05, 0) is 68.8 Å². The van der Waals surface area contributed by atoms with Crippen LogP contribution in [0.4, 0.5) is 5.69 Å². The van der Waals surface area contributed by atoms with E-state index in [1.807, 2.05) is 31.2 Å². The van der Waals surface area contributed by atoms with Gasteiger partial charge in [0.1, 0.15) is 11.3 Å². The van der Waals surface area contributed by atoms with Crippen molar-refractivity contribution in [1.29, 1.82) is 0 Å². The van der Waals surface area contributed by atoms with Crippen molar-refractivity contribution in [2.75, 3.05) is 24.6 Å². The standard InChI is InChI=1S/C25H27N3O5/c1-4-27(5-2)18-10-7-17(8-11-18)9-16-21(29)22-23(30)26-25(32)28(24(22)31)19-12-14-20(15-13-19)33-6-3/h7-16,31H,4-6H2,1-3H3,(H,26,30,32). The maximum absolute atomic E-state index is 12.8. The van der Waals surface area contributed by atoms with Gasteiger partial charge in [-0.3, -0.25) is 14.6 Å². The molecule has 0 atom stereocenters. The smallest absolute Gasteiger partial charge is 0.335 e. The molecule has 0 aliphatic heterocycles. The molecule has 1 aromatic heterocycles. The average Bonchev–Trinajstić information content (AvgIpc) is 2.80. The molecule has 0 bridgehead atoms. The number of hydrogen-bond donors (Lipinski definition) is 2. The van der Waals surface area contributed by atoms with E-state index in [1.54, 1.807) is 30.3 Å². The fraction of sp³-hybridized carbons (Fsp3) is 0.240. The molecule has 3 aromatic rings. The van der Waals surface area contributed by atoms with Gasteiger partial charge in [-0.2, -0.15) is 0 Å². The number of aromatic hydroxyl groups is 1. The summed E-state index contributed by atoms with van der Waals surface area (Å²) in [7, 11) is 0. The minimum atomic E-state index is -0.953. The summed E-state index contributed by atoms with van der Waals surface area (Å²) in [6, 6.07) is 14.0. The first-order chi connectivity index (χ1) is 15.9. The molecule has 0 aliphatic carbocycles. The molecule has 8 heteroatoms. The molecule has 0 amide bonds. The zero-order valence-corrected chi connectivity index (χ0v) is 18.9. The number of nitrogens with one attached hydrogen (secondary N) is 1. The van der Waals surface area contributed by atoms with Crippen LogP contribution in [0.25, 0.3) is 11.8 Å². The number of benzene rings is 2. The molecule has 0 spiro atoms. The highest BCUT2D eigenvalue weighted by Gasteiger charge is 2.20. The topological polar surface area (TPSA) is 105 Å². The monoisotopic (exact) mass is 449 g/mol. The maximum Gasteiger partial charge on any atom is 0.335 e. The number of hydrogen-bond acceptors (Lipinski definition) is 6. The second-order valence-corrected chi connectivity index (χ2v) is 7.18. The van der Waals surface area contributed by atoms with E-state index >= 15 is 0 Å². The van der Waals surface area contributed by atoms with Crippen LogP contribution in [0.15, 0.2) is 64.2 Å². The van der Waals surface area contributed by atoms with Gasteiger partial charge in [0.25, 0.3) is 5.56 Å². The number of ketones is 1. The van der Waals surface area contributed by atoms with Gasteiger partial charge in [-0.1, -0.05) is 18.2 Å². The lowest BCUT2D eigenvalue weighted by molar-refractivity contribution is 0.104. The average molecular weight is 450 g/mol. The molecule has 3 rings (SSSR count). The Balaban J connectivity index is 1.91. The third-order valence-corrected chi connectivity index (χ3v) is 5.19. The highest BCUT2D eigenvalue weighted by Crippen LogP contribution is 2.21. The second kappa shape index (κ2) is 10.5. The van der Waals surface area contributed by atoms with Gasteiger partial charge in [-0.15, -0.1) is 0 Å². The number of aromatic amines is 1. The minimum Gasteiger partial charge on any atom is -0.494 e. The van der Waals surface area contributed by atoms with Gasteiger partial charge < -0.3 is 14.7 Å². The van der Waals surface area contributed by atoms with Gasteiger partial charge in [0.2, 0.25) is 5.88 Å². The van der Waals surface area contributed by atoms with Crippen LogP contribution >= 0.6 is 0 Å². The maximum atomic E-state index is 12.8. The van der Waals surface area contributed by atoms with Gasteiger partial charge in [-0.25, -0.2) is 9.36 Å². The highest BCUT2D eigenvalue weighted by molar-refractivity contribution is 6.08. The van der Waals surface area contributed by atoms with Crippen LogP contribution in [0.3, 0.4) is 0 Å². The Morgan fingerprint density at radius 1 is 1.03 bits per heavy atom. The van der Waals surface area contributed by atoms with Gasteiger partial charge >= 0.3 is 5.69 Å². The van der Waals surface area contributed by atoms with E-state index in [1.165, 1.54) is 6.08 Å². The predicted octanol–water partition coefficient (Wildman–Crippen LogP) is 3.37. The summed E-state index contributed by atoms with van der Waals surface area (Å²) in [5, 5.41) is 10.6. The lowest BCUT2D eigenvalue weighted by atomic mass is 10.1. The zero-order chi connectivity index (χ0) is 24.0. The third kappa shape index (κ3) is 5.23. The van der Waals surface area contributed by atoms with Crippen LogP contribution in [-0.2, 0) is 0 Å². The van der Waals surface area contributed by atoms with E-state index in [0.29, 0.717) is 12.4 Å². The fourth-order valence-corrected chi connectivity index (χ4v) is 3.49. The number of carbonyl (C=O) groups excluding carboxylic acids is 1. The third-order valence-electron chi connectivity index (χ3n) is 5.19. The molecule has 0 saturated carbocycles. The van der Waals surface area contributed by atoms with Crippen LogP contribution in [0.2, 0.25) is 0 Å². The Kier molecular flexibility index (Phi) is 7.50. The van der Waals surface area contributed by atoms with E-state index < -0.39 is 28.5 Å². The summed E-state index contributed by atoms with van der Waals surface area (Å²) in [5.41, 5.74) is -0.211. The molecular formula is C25H27N3O5. The SMILES string of the molecule is CCOc1ccc(-n2c(O)c(C(=O)C=Cc3ccc(N(CC)CC)cc3)c(=O)[nH]c2=O)cc1. The Morgan fingerprint density at radius 3 is 2.24 bits per heavy atom. The van der Waals surface area contributed by atoms with Crippen LogP contribution in [0.1, 0.15) is 36.7 Å². The molecule has 1 heterocycles. The molecule has 2 N–H and O–H groups in total. The van der Waals surface area contributed by atoms with E-state index in [-0.39, 0.29) is 5.69 Å². The first kappa shape index (κ1) is 23.6. The van der Waals surface area contributed by atoms with E-state index in [9.17, 15) is 19.5 Å². The number of carbonyl (C=O) groups is 1. The van der Waals surface area contributed by atoms with E-state index in [0.717, 1.165) is 28.9 Å². The van der Waals surface area contributed by atoms with Crippen molar-refractivity contribution < 1.29 is 14.6 Å². The van der Waals surface area contributed by atoms with Gasteiger partial charge in [0.15, 0.2) is 5.78 Å². The second-order valence-electron chi connectivity index (χ2n) is 7.18. The molecule has 0 aliphatic rings. The predicted molar refractivity (Wildman–Crippen MR) is 129 cm³/mol. The number of anilines is 1. The summed E-state index contributed by atoms with van der Waals surface area (Å²) in [6.45, 7) is 8.25. The summed E-state index contributed by atoms with van der Waals surface area (Å²) in [6.07, 6.45) is 2.75. The molecule has 172 valence electrons. The molecular weight excluding hydrogens is 422 g/mol. The first-order valence-corrected chi connectivity index (χ1v) is 10.8. The number of rotatable bonds is 9. The number of nitrogens with zero attached hydrogens (tertiary/aromatic N) is 2. The Hall–Kier alpha value is -4.07. The molecule has 2 aromatic carbocycles. The fourth-order valence-electron chi connectivity index (χ4n) is 3.49. The summed E-state index contributed by atoms with van der Waals surface area (Å²) in [4.78, 5) is 41.7. The summed E-state index contributed by atoms with van der Waals surface area (Å²) < 4.78 is 6.24. The summed E-state index contributed by atoms with van der Waals surface area (Å²) >= 11 is 0. The Morgan fingerprint density at radius 2 is 1.67 bits per heavy atom. The molecule has 0 fully saturated rings. The van der Waals surface area contributed by atoms with E-state index in [2.05, 4.69) is 23.7 Å². The molecule has 33 heavy (non-hydrogen) atoms. The molecule has 8 nitrogen and oxygen atoms in total. The Bertz CT molecular complexity index is 1250. The number of H-pyrrole nitrogens is 1. The Labute approximate surface area is 191 Å². The summed E-state index contributed by atoms with van der Waals surface area (Å²) in [5.74, 6) is -0.856. The van der Waals surface area contributed by atoms with Crippen molar-refractivity contribution in [3.8, 4) is 17.3 Å². The van der Waals surface area contributed by atoms with Crippen molar-refractivity contribution in [3.63, 3.8) is 0 Å². The highest BCUT2D eigenvalue weighted by atomic mass is 16.5. The molecule has 0 unspecified atom stereocenters. The van der Waals surface area contributed by atoms with Crippen LogP contribution in [0.5, 0.6) is 11.6 Å². The van der Waals surface area contributed by atoms with Gasteiger partial charge in [0, 0.05) is 18.8 Å². The zero-order valence-electron chi connectivity index (χ0n) is 18.9. The van der Waals surface area contributed by atoms with Crippen molar-refractivity contribution in [3.05, 3.63) is 86.6 Å². The lowest BCUT2D eigenvalue weighted by Crippen LogP contribution is -2.32. The number of ether oxygens (including phenoxy) is 1. The number of aromatic nitrogens is 2. The van der Waals surface area contributed by atoms with Crippen molar-refractivity contribution in [2.24, 2.45) is 0 Å². The van der Waals surface area contributed by atoms with Crippen molar-refractivity contribution in [1.82, 2.24) is 9.55 Å².